The van der Waals surface area contributed by atoms with Gasteiger partial charge in [0.15, 0.2) is 0 Å². The van der Waals surface area contributed by atoms with E-state index in [1.165, 1.54) is 6.08 Å². The Morgan fingerprint density at radius 3 is 2.50 bits per heavy atom. The molecule has 0 atom stereocenters. The minimum Gasteiger partial charge on any atom is -0.478 e. The van der Waals surface area contributed by atoms with Crippen LogP contribution in [0, 0.1) is 6.92 Å². The number of aryl methyl sites for hydroxylation is 1. The lowest BCUT2D eigenvalue weighted by atomic mass is 10.2. The van der Waals surface area contributed by atoms with Crippen molar-refractivity contribution in [2.24, 2.45) is 0 Å². The monoisotopic (exact) mass is 214 g/mol. The maximum Gasteiger partial charge on any atom is 0.328 e. The van der Waals surface area contributed by atoms with Crippen LogP contribution in [0.5, 0.6) is 0 Å². The molecule has 0 radical (unpaired) electrons. The number of benzene rings is 1. The van der Waals surface area contributed by atoms with E-state index in [1.54, 1.807) is 6.92 Å². The molecule has 16 heavy (non-hydrogen) atoms. The number of carbonyl (C=O) groups is 1. The molecule has 0 aliphatic heterocycles. The van der Waals surface area contributed by atoms with Gasteiger partial charge in [-0.1, -0.05) is 12.1 Å². The van der Waals surface area contributed by atoms with E-state index in [-0.39, 0.29) is 0 Å². The zero-order valence-corrected chi connectivity index (χ0v) is 8.71. The molecule has 0 spiro atoms. The van der Waals surface area contributed by atoms with Crippen LogP contribution >= 0.6 is 0 Å². The molecule has 1 aromatic carbocycles. The Morgan fingerprint density at radius 2 is 1.88 bits per heavy atom. The first-order chi connectivity index (χ1) is 7.66. The highest BCUT2D eigenvalue weighted by atomic mass is 16.4. The standard InChI is InChI=1S/C12H10N2O2/c1-8-9(6-7-12(15)16)14-11-5-3-2-4-10(11)13-8/h2-7H,1H3,(H,15,16)/b7-6+. The molecule has 0 unspecified atom stereocenters. The third-order valence-corrected chi connectivity index (χ3v) is 2.17. The van der Waals surface area contributed by atoms with Crippen molar-refractivity contribution >= 4 is 23.1 Å². The molecule has 0 bridgehead atoms. The summed E-state index contributed by atoms with van der Waals surface area (Å²) in [6.45, 7) is 1.81. The first-order valence-electron chi connectivity index (χ1n) is 4.81. The summed E-state index contributed by atoms with van der Waals surface area (Å²) in [4.78, 5) is 19.1. The molecule has 0 aliphatic rings. The fourth-order valence-corrected chi connectivity index (χ4v) is 1.41. The van der Waals surface area contributed by atoms with Crippen molar-refractivity contribution in [3.63, 3.8) is 0 Å². The maximum absolute atomic E-state index is 10.4. The van der Waals surface area contributed by atoms with Crippen LogP contribution in [0.3, 0.4) is 0 Å². The molecule has 80 valence electrons. The fourth-order valence-electron chi connectivity index (χ4n) is 1.41. The number of fused-ring (bicyclic) bond motifs is 1. The molecule has 4 nitrogen and oxygen atoms in total. The van der Waals surface area contributed by atoms with Crippen molar-refractivity contribution in [2.75, 3.05) is 0 Å². The molecule has 2 rings (SSSR count). The lowest BCUT2D eigenvalue weighted by molar-refractivity contribution is -0.131. The minimum absolute atomic E-state index is 0.584. The highest BCUT2D eigenvalue weighted by Crippen LogP contribution is 2.12. The van der Waals surface area contributed by atoms with Gasteiger partial charge in [-0.05, 0) is 25.1 Å². The number of aliphatic carboxylic acids is 1. The van der Waals surface area contributed by atoms with Crippen molar-refractivity contribution in [1.29, 1.82) is 0 Å². The van der Waals surface area contributed by atoms with Gasteiger partial charge < -0.3 is 5.11 Å². The lowest BCUT2D eigenvalue weighted by Gasteiger charge is -2.01. The van der Waals surface area contributed by atoms with Gasteiger partial charge in [-0.25, -0.2) is 14.8 Å². The summed E-state index contributed by atoms with van der Waals surface area (Å²) >= 11 is 0. The summed E-state index contributed by atoms with van der Waals surface area (Å²) in [6, 6.07) is 7.49. The number of carboxylic acids is 1. The first-order valence-corrected chi connectivity index (χ1v) is 4.81. The number of nitrogens with zero attached hydrogens (tertiary/aromatic N) is 2. The molecule has 0 aliphatic carbocycles. The van der Waals surface area contributed by atoms with Crippen LogP contribution in [-0.2, 0) is 4.79 Å². The predicted octanol–water partition coefficient (Wildman–Crippen LogP) is 2.04. The largest absolute Gasteiger partial charge is 0.478 e. The summed E-state index contributed by atoms with van der Waals surface area (Å²) in [6.07, 6.45) is 2.52. The number of para-hydroxylation sites is 2. The van der Waals surface area contributed by atoms with E-state index in [2.05, 4.69) is 9.97 Å². The topological polar surface area (TPSA) is 63.1 Å². The Hall–Kier alpha value is -2.23. The zero-order chi connectivity index (χ0) is 11.5. The molecule has 1 heterocycles. The van der Waals surface area contributed by atoms with E-state index in [0.717, 1.165) is 22.8 Å². The van der Waals surface area contributed by atoms with Crippen LogP contribution in [0.25, 0.3) is 17.1 Å². The van der Waals surface area contributed by atoms with Crippen LogP contribution in [0.4, 0.5) is 0 Å². The lowest BCUT2D eigenvalue weighted by Crippen LogP contribution is -1.94. The van der Waals surface area contributed by atoms with Crippen LogP contribution in [0.2, 0.25) is 0 Å². The van der Waals surface area contributed by atoms with Crippen molar-refractivity contribution in [1.82, 2.24) is 9.97 Å². The second-order valence-electron chi connectivity index (χ2n) is 3.35. The van der Waals surface area contributed by atoms with E-state index in [0.29, 0.717) is 5.69 Å². The Kier molecular flexibility index (Phi) is 2.64. The van der Waals surface area contributed by atoms with Crippen LogP contribution in [-0.4, -0.2) is 21.0 Å². The van der Waals surface area contributed by atoms with Crippen LogP contribution in [0.15, 0.2) is 30.3 Å². The van der Waals surface area contributed by atoms with Gasteiger partial charge in [0.1, 0.15) is 0 Å². The van der Waals surface area contributed by atoms with Gasteiger partial charge >= 0.3 is 5.97 Å². The highest BCUT2D eigenvalue weighted by Gasteiger charge is 2.01. The molecule has 4 heteroatoms. The normalized spacial score (nSPS) is 11.1. The third kappa shape index (κ3) is 2.06. The van der Waals surface area contributed by atoms with Gasteiger partial charge in [0.05, 0.1) is 22.4 Å². The maximum atomic E-state index is 10.4. The zero-order valence-electron chi connectivity index (χ0n) is 8.71. The second-order valence-corrected chi connectivity index (χ2v) is 3.35. The summed E-state index contributed by atoms with van der Waals surface area (Å²) in [5.41, 5.74) is 2.88. The number of carboxylic acid groups (broad SMARTS) is 1. The summed E-state index contributed by atoms with van der Waals surface area (Å²) in [5.74, 6) is -0.991. The van der Waals surface area contributed by atoms with Gasteiger partial charge in [0.25, 0.3) is 0 Å². The first kappa shape index (κ1) is 10.3. The van der Waals surface area contributed by atoms with Gasteiger partial charge in [-0.15, -0.1) is 0 Å². The van der Waals surface area contributed by atoms with Crippen LogP contribution < -0.4 is 0 Å². The number of aromatic nitrogens is 2. The van der Waals surface area contributed by atoms with Crippen molar-refractivity contribution in [3.05, 3.63) is 41.7 Å². The van der Waals surface area contributed by atoms with E-state index < -0.39 is 5.97 Å². The number of hydrogen-bond acceptors (Lipinski definition) is 3. The summed E-state index contributed by atoms with van der Waals surface area (Å²) in [5, 5.41) is 8.54. The average molecular weight is 214 g/mol. The smallest absolute Gasteiger partial charge is 0.328 e. The van der Waals surface area contributed by atoms with Crippen molar-refractivity contribution in [3.8, 4) is 0 Å². The molecular weight excluding hydrogens is 204 g/mol. The molecule has 0 saturated carbocycles. The van der Waals surface area contributed by atoms with E-state index in [9.17, 15) is 4.79 Å². The van der Waals surface area contributed by atoms with Gasteiger partial charge in [0.2, 0.25) is 0 Å². The number of hydrogen-bond donors (Lipinski definition) is 1. The summed E-state index contributed by atoms with van der Waals surface area (Å²) < 4.78 is 0. The van der Waals surface area contributed by atoms with E-state index >= 15 is 0 Å². The van der Waals surface area contributed by atoms with E-state index in [4.69, 9.17) is 5.11 Å². The molecular formula is C12H10N2O2. The third-order valence-electron chi connectivity index (χ3n) is 2.17. The van der Waals surface area contributed by atoms with E-state index in [1.807, 2.05) is 24.3 Å². The Bertz CT molecular complexity index is 576. The van der Waals surface area contributed by atoms with Crippen LogP contribution in [0.1, 0.15) is 11.4 Å². The van der Waals surface area contributed by atoms with Gasteiger partial charge in [0, 0.05) is 6.08 Å². The SMILES string of the molecule is Cc1nc2ccccc2nc1/C=C/C(=O)O. The van der Waals surface area contributed by atoms with Gasteiger partial charge in [-0.3, -0.25) is 0 Å². The number of rotatable bonds is 2. The molecule has 1 N–H and O–H groups in total. The highest BCUT2D eigenvalue weighted by molar-refractivity contribution is 5.85. The molecule has 0 amide bonds. The Labute approximate surface area is 92.3 Å². The second kappa shape index (κ2) is 4.10. The minimum atomic E-state index is -0.991. The summed E-state index contributed by atoms with van der Waals surface area (Å²) in [7, 11) is 0. The Morgan fingerprint density at radius 1 is 1.25 bits per heavy atom. The molecule has 2 aromatic rings. The van der Waals surface area contributed by atoms with Gasteiger partial charge in [-0.2, -0.15) is 0 Å². The quantitative estimate of drug-likeness (QED) is 0.777. The predicted molar refractivity (Wildman–Crippen MR) is 60.9 cm³/mol. The molecule has 0 fully saturated rings. The van der Waals surface area contributed by atoms with Crippen molar-refractivity contribution in [2.45, 2.75) is 6.92 Å². The molecule has 0 saturated heterocycles. The average Bonchev–Trinajstić information content (AvgIpc) is 2.26. The fraction of sp³-hybridized carbons (Fsp3) is 0.0833. The van der Waals surface area contributed by atoms with Crippen molar-refractivity contribution < 1.29 is 9.90 Å². The Balaban J connectivity index is 2.54. The molecule has 1 aromatic heterocycles.